The Hall–Kier alpha value is -1.01. The summed E-state index contributed by atoms with van der Waals surface area (Å²) in [6.45, 7) is 1.33. The number of nitrogens with one attached hydrogen (secondary N) is 1. The average Bonchev–Trinajstić information content (AvgIpc) is 2.41. The molecule has 2 rings (SSSR count). The third kappa shape index (κ3) is 3.76. The first-order valence-corrected chi connectivity index (χ1v) is 6.90. The lowest BCUT2D eigenvalue weighted by Gasteiger charge is -2.32. The van der Waals surface area contributed by atoms with Gasteiger partial charge in [-0.2, -0.15) is 13.2 Å². The maximum atomic E-state index is 12.6. The molecule has 1 fully saturated rings. The summed E-state index contributed by atoms with van der Waals surface area (Å²) in [7, 11) is 1.76. The topological polar surface area (TPSA) is 28.2 Å². The van der Waals surface area contributed by atoms with E-state index in [1.807, 2.05) is 4.90 Å². The van der Waals surface area contributed by atoms with Crippen molar-refractivity contribution in [2.24, 2.45) is 5.92 Å². The van der Waals surface area contributed by atoms with E-state index in [0.717, 1.165) is 0 Å². The van der Waals surface area contributed by atoms with Crippen LogP contribution in [0.25, 0.3) is 0 Å². The number of halogens is 4. The van der Waals surface area contributed by atoms with Gasteiger partial charge in [0.1, 0.15) is 5.82 Å². The highest BCUT2D eigenvalue weighted by atomic mass is 35.5. The highest BCUT2D eigenvalue weighted by molar-refractivity contribution is 6.31. The highest BCUT2D eigenvalue weighted by Gasteiger charge is 2.41. The van der Waals surface area contributed by atoms with E-state index in [1.165, 1.54) is 0 Å². The van der Waals surface area contributed by atoms with Gasteiger partial charge in [0.15, 0.2) is 0 Å². The van der Waals surface area contributed by atoms with Crippen LogP contribution >= 0.6 is 11.6 Å². The van der Waals surface area contributed by atoms with Crippen molar-refractivity contribution in [3.05, 3.63) is 22.8 Å². The van der Waals surface area contributed by atoms with Crippen molar-refractivity contribution < 1.29 is 13.2 Å². The molecule has 1 N–H and O–H groups in total. The molecule has 0 atom stereocenters. The lowest BCUT2D eigenvalue weighted by atomic mass is 9.96. The van der Waals surface area contributed by atoms with Crippen molar-refractivity contribution in [1.82, 2.24) is 9.88 Å². The Morgan fingerprint density at radius 2 is 2.00 bits per heavy atom. The average molecular weight is 308 g/mol. The normalized spacial score (nSPS) is 18.2. The molecule has 0 unspecified atom stereocenters. The van der Waals surface area contributed by atoms with E-state index in [2.05, 4.69) is 10.3 Å². The number of pyridine rings is 1. The van der Waals surface area contributed by atoms with Crippen LogP contribution in [0, 0.1) is 5.92 Å². The first-order chi connectivity index (χ1) is 9.40. The number of hydrogen-bond donors (Lipinski definition) is 1. The summed E-state index contributed by atoms with van der Waals surface area (Å²) >= 11 is 6.08. The zero-order valence-corrected chi connectivity index (χ0v) is 11.9. The van der Waals surface area contributed by atoms with Gasteiger partial charge in [-0.15, -0.1) is 0 Å². The van der Waals surface area contributed by atoms with Crippen LogP contribution in [0.15, 0.2) is 12.1 Å². The third-order valence-electron chi connectivity index (χ3n) is 3.60. The maximum Gasteiger partial charge on any atom is 0.391 e. The molecule has 0 spiro atoms. The fourth-order valence-corrected chi connectivity index (χ4v) is 2.53. The molecule has 20 heavy (non-hydrogen) atoms. The smallest absolute Gasteiger partial charge is 0.373 e. The summed E-state index contributed by atoms with van der Waals surface area (Å²) in [5, 5.41) is 3.47. The van der Waals surface area contributed by atoms with Crippen LogP contribution < -0.4 is 5.32 Å². The molecule has 112 valence electrons. The lowest BCUT2D eigenvalue weighted by Crippen LogP contribution is -2.38. The van der Waals surface area contributed by atoms with Crippen LogP contribution in [0.2, 0.25) is 5.02 Å². The van der Waals surface area contributed by atoms with Crippen LogP contribution in [0.4, 0.5) is 19.0 Å². The molecule has 0 aliphatic carbocycles. The second-order valence-electron chi connectivity index (χ2n) is 4.97. The second-order valence-corrected chi connectivity index (χ2v) is 5.37. The van der Waals surface area contributed by atoms with Gasteiger partial charge in [-0.3, -0.25) is 4.90 Å². The van der Waals surface area contributed by atoms with Gasteiger partial charge >= 0.3 is 6.18 Å². The summed E-state index contributed by atoms with van der Waals surface area (Å²) < 4.78 is 37.8. The molecule has 0 bridgehead atoms. The number of alkyl halides is 3. The quantitative estimate of drug-likeness (QED) is 0.925. The van der Waals surface area contributed by atoms with Gasteiger partial charge in [0.25, 0.3) is 0 Å². The Balaban J connectivity index is 1.96. The summed E-state index contributed by atoms with van der Waals surface area (Å²) in [5.41, 5.74) is 0.698. The van der Waals surface area contributed by atoms with E-state index in [4.69, 9.17) is 11.6 Å². The van der Waals surface area contributed by atoms with Crippen molar-refractivity contribution in [2.75, 3.05) is 25.5 Å². The Bertz CT molecular complexity index is 457. The van der Waals surface area contributed by atoms with Crippen LogP contribution in [0.1, 0.15) is 18.5 Å². The van der Waals surface area contributed by atoms with E-state index in [0.29, 0.717) is 36.2 Å². The monoisotopic (exact) mass is 307 g/mol. The van der Waals surface area contributed by atoms with E-state index in [-0.39, 0.29) is 12.8 Å². The van der Waals surface area contributed by atoms with Gasteiger partial charge in [0.05, 0.1) is 16.6 Å². The number of hydrogen-bond acceptors (Lipinski definition) is 3. The highest BCUT2D eigenvalue weighted by Crippen LogP contribution is 2.34. The fourth-order valence-electron chi connectivity index (χ4n) is 2.36. The van der Waals surface area contributed by atoms with Gasteiger partial charge in [-0.1, -0.05) is 11.6 Å². The molecule has 1 aromatic rings. The molecule has 2 heterocycles. The van der Waals surface area contributed by atoms with E-state index >= 15 is 0 Å². The van der Waals surface area contributed by atoms with Gasteiger partial charge in [-0.05, 0) is 38.1 Å². The Labute approximate surface area is 121 Å². The Kier molecular flexibility index (Phi) is 4.75. The number of aromatic nitrogens is 1. The summed E-state index contributed by atoms with van der Waals surface area (Å²) in [5.74, 6) is -0.472. The molecule has 0 saturated carbocycles. The number of piperidine rings is 1. The Morgan fingerprint density at radius 3 is 2.55 bits per heavy atom. The summed E-state index contributed by atoms with van der Waals surface area (Å²) in [6.07, 6.45) is -3.78. The van der Waals surface area contributed by atoms with Crippen molar-refractivity contribution in [3.8, 4) is 0 Å². The van der Waals surface area contributed by atoms with Gasteiger partial charge in [-0.25, -0.2) is 4.98 Å². The minimum Gasteiger partial charge on any atom is -0.373 e. The summed E-state index contributed by atoms with van der Waals surface area (Å²) in [6, 6.07) is 3.51. The molecule has 0 amide bonds. The predicted molar refractivity (Wildman–Crippen MR) is 72.8 cm³/mol. The molecular weight excluding hydrogens is 291 g/mol. The second kappa shape index (κ2) is 6.18. The zero-order chi connectivity index (χ0) is 14.8. The number of rotatable bonds is 3. The first kappa shape index (κ1) is 15.4. The van der Waals surface area contributed by atoms with Crippen LogP contribution in [-0.2, 0) is 6.54 Å². The number of anilines is 1. The van der Waals surface area contributed by atoms with Gasteiger partial charge < -0.3 is 5.32 Å². The zero-order valence-electron chi connectivity index (χ0n) is 11.2. The molecular formula is C13H17ClF3N3. The standard InChI is InChI=1S/C13H17ClF3N3/c1-18-12-3-2-10(14)11(19-12)8-20-6-4-9(5-7-20)13(15,16)17/h2-3,9H,4-8H2,1H3,(H,18,19). The lowest BCUT2D eigenvalue weighted by molar-refractivity contribution is -0.185. The van der Waals surface area contributed by atoms with E-state index in [9.17, 15) is 13.2 Å². The third-order valence-corrected chi connectivity index (χ3v) is 3.94. The first-order valence-electron chi connectivity index (χ1n) is 6.52. The molecule has 1 aliphatic heterocycles. The van der Waals surface area contributed by atoms with Crippen molar-refractivity contribution in [1.29, 1.82) is 0 Å². The van der Waals surface area contributed by atoms with Gasteiger partial charge in [0, 0.05) is 13.6 Å². The van der Waals surface area contributed by atoms with E-state index < -0.39 is 12.1 Å². The molecule has 0 radical (unpaired) electrons. The number of nitrogens with zero attached hydrogens (tertiary/aromatic N) is 2. The van der Waals surface area contributed by atoms with Crippen LogP contribution in [0.5, 0.6) is 0 Å². The van der Waals surface area contributed by atoms with Crippen molar-refractivity contribution >= 4 is 17.4 Å². The molecule has 1 aliphatic rings. The van der Waals surface area contributed by atoms with Crippen LogP contribution in [-0.4, -0.2) is 36.2 Å². The van der Waals surface area contributed by atoms with Crippen LogP contribution in [0.3, 0.4) is 0 Å². The molecule has 1 aromatic heterocycles. The minimum absolute atomic E-state index is 0.146. The molecule has 7 heteroatoms. The maximum absolute atomic E-state index is 12.6. The number of likely N-dealkylation sites (tertiary alicyclic amines) is 1. The largest absolute Gasteiger partial charge is 0.391 e. The molecule has 1 saturated heterocycles. The molecule has 0 aromatic carbocycles. The predicted octanol–water partition coefficient (Wildman–Crippen LogP) is 3.55. The SMILES string of the molecule is CNc1ccc(Cl)c(CN2CCC(C(F)(F)F)CC2)n1. The van der Waals surface area contributed by atoms with Crippen molar-refractivity contribution in [2.45, 2.75) is 25.6 Å². The summed E-state index contributed by atoms with van der Waals surface area (Å²) in [4.78, 5) is 6.31. The Morgan fingerprint density at radius 1 is 1.35 bits per heavy atom. The van der Waals surface area contributed by atoms with E-state index in [1.54, 1.807) is 19.2 Å². The fraction of sp³-hybridized carbons (Fsp3) is 0.615. The van der Waals surface area contributed by atoms with Crippen molar-refractivity contribution in [3.63, 3.8) is 0 Å². The minimum atomic E-state index is -4.08. The molecule has 3 nitrogen and oxygen atoms in total. The van der Waals surface area contributed by atoms with Gasteiger partial charge in [0.2, 0.25) is 0 Å².